The summed E-state index contributed by atoms with van der Waals surface area (Å²) in [6.45, 7) is 6.22. The van der Waals surface area contributed by atoms with Crippen LogP contribution in [0.2, 0.25) is 0 Å². The first-order valence-electron chi connectivity index (χ1n) is 7.07. The van der Waals surface area contributed by atoms with Gasteiger partial charge in [-0.1, -0.05) is 44.2 Å². The van der Waals surface area contributed by atoms with E-state index in [4.69, 9.17) is 0 Å². The Kier molecular flexibility index (Phi) is 4.56. The Morgan fingerprint density at radius 1 is 1.05 bits per heavy atom. The molecule has 0 aromatic heterocycles. The minimum Gasteiger partial charge on any atom is -0.384 e. The number of hydrogen-bond donors (Lipinski definition) is 1. The van der Waals surface area contributed by atoms with Gasteiger partial charge in [0.05, 0.1) is 0 Å². The van der Waals surface area contributed by atoms with Crippen LogP contribution in [0.5, 0.6) is 0 Å². The summed E-state index contributed by atoms with van der Waals surface area (Å²) in [4.78, 5) is 0. The molecular formula is C18H21FO. The van der Waals surface area contributed by atoms with Crippen molar-refractivity contribution in [1.82, 2.24) is 0 Å². The van der Waals surface area contributed by atoms with Crippen LogP contribution >= 0.6 is 0 Å². The molecule has 0 saturated carbocycles. The van der Waals surface area contributed by atoms with Gasteiger partial charge in [-0.25, -0.2) is 4.39 Å². The molecule has 0 aliphatic rings. The Morgan fingerprint density at radius 3 is 2.25 bits per heavy atom. The molecule has 2 unspecified atom stereocenters. The van der Waals surface area contributed by atoms with Gasteiger partial charge in [-0.15, -0.1) is 0 Å². The summed E-state index contributed by atoms with van der Waals surface area (Å²) in [5, 5.41) is 10.4. The zero-order valence-corrected chi connectivity index (χ0v) is 12.2. The van der Waals surface area contributed by atoms with Gasteiger partial charge >= 0.3 is 0 Å². The Balaban J connectivity index is 2.29. The molecule has 2 heteroatoms. The molecule has 106 valence electrons. The number of benzene rings is 2. The van der Waals surface area contributed by atoms with Crippen LogP contribution in [0.3, 0.4) is 0 Å². The molecular weight excluding hydrogens is 251 g/mol. The second-order valence-electron chi connectivity index (χ2n) is 5.38. The van der Waals surface area contributed by atoms with Crippen molar-refractivity contribution in [2.45, 2.75) is 39.2 Å². The lowest BCUT2D eigenvalue weighted by Gasteiger charge is -2.16. The van der Waals surface area contributed by atoms with Gasteiger partial charge in [0.2, 0.25) is 0 Å². The minimum atomic E-state index is -0.781. The summed E-state index contributed by atoms with van der Waals surface area (Å²) in [5.74, 6) is 0.193. The maximum atomic E-state index is 13.3. The van der Waals surface area contributed by atoms with Crippen LogP contribution in [-0.4, -0.2) is 5.11 Å². The van der Waals surface area contributed by atoms with Crippen molar-refractivity contribution in [3.63, 3.8) is 0 Å². The van der Waals surface area contributed by atoms with E-state index in [1.165, 1.54) is 17.7 Å². The summed E-state index contributed by atoms with van der Waals surface area (Å²) in [5.41, 5.74) is 3.58. The van der Waals surface area contributed by atoms with Gasteiger partial charge in [-0.3, -0.25) is 0 Å². The van der Waals surface area contributed by atoms with Crippen molar-refractivity contribution in [3.05, 3.63) is 70.5 Å². The van der Waals surface area contributed by atoms with Gasteiger partial charge in [0, 0.05) is 0 Å². The molecule has 0 spiro atoms. The highest BCUT2D eigenvalue weighted by Gasteiger charge is 2.14. The van der Waals surface area contributed by atoms with Crippen LogP contribution in [-0.2, 0) is 0 Å². The van der Waals surface area contributed by atoms with Crippen molar-refractivity contribution < 1.29 is 9.50 Å². The minimum absolute atomic E-state index is 0.319. The fourth-order valence-corrected chi connectivity index (χ4v) is 2.33. The summed E-state index contributed by atoms with van der Waals surface area (Å²) >= 11 is 0. The average Bonchev–Trinajstić information content (AvgIpc) is 2.48. The van der Waals surface area contributed by atoms with Crippen molar-refractivity contribution >= 4 is 0 Å². The van der Waals surface area contributed by atoms with Gasteiger partial charge in [0.25, 0.3) is 0 Å². The zero-order valence-electron chi connectivity index (χ0n) is 12.2. The monoisotopic (exact) mass is 272 g/mol. The molecule has 0 radical (unpaired) electrons. The Hall–Kier alpha value is -1.67. The number of aliphatic hydroxyl groups excluding tert-OH is 1. The molecule has 2 atom stereocenters. The van der Waals surface area contributed by atoms with Crippen LogP contribution in [0, 0.1) is 12.7 Å². The predicted molar refractivity (Wildman–Crippen MR) is 80.3 cm³/mol. The summed E-state index contributed by atoms with van der Waals surface area (Å²) in [6.07, 6.45) is 0.307. The summed E-state index contributed by atoms with van der Waals surface area (Å²) < 4.78 is 13.3. The SMILES string of the molecule is CCC(C)c1ccc(C(O)c2cc(F)ccc2C)cc1. The maximum absolute atomic E-state index is 13.3. The van der Waals surface area contributed by atoms with Crippen molar-refractivity contribution in [1.29, 1.82) is 0 Å². The number of aliphatic hydroxyl groups is 1. The van der Waals surface area contributed by atoms with Crippen LogP contribution in [0.15, 0.2) is 42.5 Å². The second-order valence-corrected chi connectivity index (χ2v) is 5.38. The van der Waals surface area contributed by atoms with Crippen LogP contribution in [0.4, 0.5) is 4.39 Å². The lowest BCUT2D eigenvalue weighted by atomic mass is 9.93. The average molecular weight is 272 g/mol. The summed E-state index contributed by atoms with van der Waals surface area (Å²) in [6, 6.07) is 12.5. The highest BCUT2D eigenvalue weighted by molar-refractivity contribution is 5.37. The van der Waals surface area contributed by atoms with E-state index >= 15 is 0 Å². The molecule has 1 nitrogen and oxygen atoms in total. The van der Waals surface area contributed by atoms with Crippen LogP contribution in [0.25, 0.3) is 0 Å². The first-order valence-corrected chi connectivity index (χ1v) is 7.07. The smallest absolute Gasteiger partial charge is 0.123 e. The highest BCUT2D eigenvalue weighted by atomic mass is 19.1. The predicted octanol–water partition coefficient (Wildman–Crippen LogP) is 4.73. The third-order valence-electron chi connectivity index (χ3n) is 3.97. The molecule has 20 heavy (non-hydrogen) atoms. The fourth-order valence-electron chi connectivity index (χ4n) is 2.33. The molecule has 2 rings (SSSR count). The van der Waals surface area contributed by atoms with Crippen LogP contribution in [0.1, 0.15) is 54.5 Å². The van der Waals surface area contributed by atoms with Crippen molar-refractivity contribution in [3.8, 4) is 0 Å². The quantitative estimate of drug-likeness (QED) is 0.853. The van der Waals surface area contributed by atoms with Gasteiger partial charge < -0.3 is 5.11 Å². The number of rotatable bonds is 4. The lowest BCUT2D eigenvalue weighted by molar-refractivity contribution is 0.219. The molecule has 0 aliphatic carbocycles. The summed E-state index contributed by atoms with van der Waals surface area (Å²) in [7, 11) is 0. The van der Waals surface area contributed by atoms with E-state index in [2.05, 4.69) is 13.8 Å². The van der Waals surface area contributed by atoms with Gasteiger partial charge in [0.15, 0.2) is 0 Å². The van der Waals surface area contributed by atoms with Gasteiger partial charge in [0.1, 0.15) is 11.9 Å². The molecule has 0 saturated heterocycles. The van der Waals surface area contributed by atoms with E-state index in [9.17, 15) is 9.50 Å². The van der Waals surface area contributed by atoms with Gasteiger partial charge in [-0.2, -0.15) is 0 Å². The van der Waals surface area contributed by atoms with E-state index in [1.54, 1.807) is 6.07 Å². The molecule has 2 aromatic rings. The molecule has 0 amide bonds. The van der Waals surface area contributed by atoms with Crippen molar-refractivity contribution in [2.75, 3.05) is 0 Å². The third-order valence-corrected chi connectivity index (χ3v) is 3.97. The maximum Gasteiger partial charge on any atom is 0.123 e. The Bertz CT molecular complexity index is 574. The molecule has 0 fully saturated rings. The first kappa shape index (κ1) is 14.7. The molecule has 0 aliphatic heterocycles. The van der Waals surface area contributed by atoms with Crippen LogP contribution < -0.4 is 0 Å². The Labute approximate surface area is 120 Å². The molecule has 2 aromatic carbocycles. The van der Waals surface area contributed by atoms with Crippen molar-refractivity contribution in [2.24, 2.45) is 0 Å². The standard InChI is InChI=1S/C18H21FO/c1-4-12(2)14-6-8-15(9-7-14)18(20)17-11-16(19)10-5-13(17)3/h5-12,18,20H,4H2,1-3H3. The third kappa shape index (κ3) is 3.07. The number of halogens is 1. The fraction of sp³-hybridized carbons (Fsp3) is 0.333. The van der Waals surface area contributed by atoms with E-state index in [0.717, 1.165) is 17.5 Å². The normalized spacial score (nSPS) is 14.1. The number of aryl methyl sites for hydroxylation is 1. The van der Waals surface area contributed by atoms with E-state index in [-0.39, 0.29) is 5.82 Å². The molecule has 0 heterocycles. The zero-order chi connectivity index (χ0) is 14.7. The Morgan fingerprint density at radius 2 is 1.65 bits per heavy atom. The van der Waals surface area contributed by atoms with Gasteiger partial charge in [-0.05, 0) is 53.6 Å². The first-order chi connectivity index (χ1) is 9.52. The molecule has 0 bridgehead atoms. The van der Waals surface area contributed by atoms with E-state index < -0.39 is 6.10 Å². The molecule has 1 N–H and O–H groups in total. The van der Waals surface area contributed by atoms with E-state index in [0.29, 0.717) is 11.5 Å². The lowest BCUT2D eigenvalue weighted by Crippen LogP contribution is -2.03. The largest absolute Gasteiger partial charge is 0.384 e. The highest BCUT2D eigenvalue weighted by Crippen LogP contribution is 2.27. The van der Waals surface area contributed by atoms with E-state index in [1.807, 2.05) is 31.2 Å². The second kappa shape index (κ2) is 6.19. The number of hydrogen-bond acceptors (Lipinski definition) is 1. The topological polar surface area (TPSA) is 20.2 Å².